The van der Waals surface area contributed by atoms with Crippen LogP contribution >= 0.6 is 0 Å². The summed E-state index contributed by atoms with van der Waals surface area (Å²) >= 11 is 0. The Labute approximate surface area is 129 Å². The molecule has 0 aromatic carbocycles. The van der Waals surface area contributed by atoms with Gasteiger partial charge in [-0.05, 0) is 19.2 Å². The Balaban J connectivity index is 1.66. The highest BCUT2D eigenvalue weighted by atomic mass is 16.5. The van der Waals surface area contributed by atoms with Gasteiger partial charge in [0.15, 0.2) is 11.5 Å². The number of fused-ring (bicyclic) bond motifs is 1. The van der Waals surface area contributed by atoms with Crippen molar-refractivity contribution in [3.8, 4) is 0 Å². The second-order valence-electron chi connectivity index (χ2n) is 5.63. The molecule has 0 bridgehead atoms. The Morgan fingerprint density at radius 2 is 2.09 bits per heavy atom. The molecule has 0 N–H and O–H groups in total. The number of likely N-dealkylation sites (N-methyl/N-ethyl adjacent to an activating group) is 1. The Morgan fingerprint density at radius 3 is 2.82 bits per heavy atom. The molecule has 1 aliphatic heterocycles. The van der Waals surface area contributed by atoms with Gasteiger partial charge in [-0.2, -0.15) is 5.10 Å². The Bertz CT molecular complexity index is 661. The van der Waals surface area contributed by atoms with E-state index in [9.17, 15) is 4.79 Å². The standard InChI is InChI=1S/C15H21N5O2/c1-18-7-9-19(10-8-18)5-4-13-16-14-11-12(15(21)22-2)3-6-20(14)17-13/h3,6,11H,4-5,7-10H2,1-2H3. The molecule has 1 saturated heterocycles. The molecular weight excluding hydrogens is 282 g/mol. The highest BCUT2D eigenvalue weighted by molar-refractivity contribution is 5.90. The molecule has 2 aromatic rings. The average Bonchev–Trinajstić information content (AvgIpc) is 2.95. The lowest BCUT2D eigenvalue weighted by atomic mass is 10.3. The maximum Gasteiger partial charge on any atom is 0.338 e. The van der Waals surface area contributed by atoms with Gasteiger partial charge < -0.3 is 14.5 Å². The van der Waals surface area contributed by atoms with Crippen molar-refractivity contribution in [1.29, 1.82) is 0 Å². The quantitative estimate of drug-likeness (QED) is 0.757. The maximum absolute atomic E-state index is 11.5. The van der Waals surface area contributed by atoms with Crippen molar-refractivity contribution in [3.05, 3.63) is 29.7 Å². The smallest absolute Gasteiger partial charge is 0.338 e. The van der Waals surface area contributed by atoms with E-state index in [0.29, 0.717) is 11.2 Å². The predicted octanol–water partition coefficient (Wildman–Crippen LogP) is 0.306. The van der Waals surface area contributed by atoms with Crippen molar-refractivity contribution in [2.45, 2.75) is 6.42 Å². The van der Waals surface area contributed by atoms with Gasteiger partial charge in [-0.15, -0.1) is 0 Å². The lowest BCUT2D eigenvalue weighted by Gasteiger charge is -2.31. The van der Waals surface area contributed by atoms with Crippen molar-refractivity contribution < 1.29 is 9.53 Å². The van der Waals surface area contributed by atoms with E-state index in [1.807, 2.05) is 0 Å². The van der Waals surface area contributed by atoms with Gasteiger partial charge in [0.25, 0.3) is 0 Å². The first kappa shape index (κ1) is 14.9. The molecule has 3 heterocycles. The largest absolute Gasteiger partial charge is 0.465 e. The summed E-state index contributed by atoms with van der Waals surface area (Å²) in [5, 5.41) is 4.45. The van der Waals surface area contributed by atoms with Gasteiger partial charge in [-0.25, -0.2) is 14.3 Å². The van der Waals surface area contributed by atoms with Crippen molar-refractivity contribution >= 4 is 11.6 Å². The van der Waals surface area contributed by atoms with E-state index in [-0.39, 0.29) is 5.97 Å². The number of aromatic nitrogens is 3. The summed E-state index contributed by atoms with van der Waals surface area (Å²) in [6.45, 7) is 5.38. The van der Waals surface area contributed by atoms with E-state index >= 15 is 0 Å². The van der Waals surface area contributed by atoms with Crippen LogP contribution in [-0.2, 0) is 11.2 Å². The van der Waals surface area contributed by atoms with Crippen molar-refractivity contribution in [3.63, 3.8) is 0 Å². The summed E-state index contributed by atoms with van der Waals surface area (Å²) in [7, 11) is 3.53. The lowest BCUT2D eigenvalue weighted by molar-refractivity contribution is 0.0600. The van der Waals surface area contributed by atoms with Crippen LogP contribution in [0, 0.1) is 0 Å². The molecule has 0 aliphatic carbocycles. The van der Waals surface area contributed by atoms with Gasteiger partial charge >= 0.3 is 5.97 Å². The number of hydrogen-bond acceptors (Lipinski definition) is 6. The summed E-state index contributed by atoms with van der Waals surface area (Å²) in [4.78, 5) is 20.8. The third kappa shape index (κ3) is 3.26. The predicted molar refractivity (Wildman–Crippen MR) is 82.0 cm³/mol. The molecule has 1 fully saturated rings. The molecule has 0 radical (unpaired) electrons. The minimum Gasteiger partial charge on any atom is -0.465 e. The number of nitrogens with zero attached hydrogens (tertiary/aromatic N) is 5. The second-order valence-corrected chi connectivity index (χ2v) is 5.63. The zero-order valence-corrected chi connectivity index (χ0v) is 13.0. The first-order valence-corrected chi connectivity index (χ1v) is 7.50. The first-order chi connectivity index (χ1) is 10.7. The molecule has 0 atom stereocenters. The molecule has 2 aromatic heterocycles. The van der Waals surface area contributed by atoms with E-state index in [4.69, 9.17) is 4.74 Å². The third-order valence-electron chi connectivity index (χ3n) is 4.05. The van der Waals surface area contributed by atoms with Gasteiger partial charge in [-0.1, -0.05) is 0 Å². The topological polar surface area (TPSA) is 63.0 Å². The fourth-order valence-corrected chi connectivity index (χ4v) is 2.61. The molecule has 118 valence electrons. The summed E-state index contributed by atoms with van der Waals surface area (Å²) in [6, 6.07) is 3.40. The molecule has 0 amide bonds. The molecule has 7 nitrogen and oxygen atoms in total. The van der Waals surface area contributed by atoms with Crippen LogP contribution in [-0.4, -0.2) is 77.2 Å². The Hall–Kier alpha value is -1.99. The van der Waals surface area contributed by atoms with Crippen LogP contribution in [0.3, 0.4) is 0 Å². The molecular formula is C15H21N5O2. The maximum atomic E-state index is 11.5. The van der Waals surface area contributed by atoms with Crippen molar-refractivity contribution in [2.75, 3.05) is 46.9 Å². The summed E-state index contributed by atoms with van der Waals surface area (Å²) in [6.07, 6.45) is 2.56. The van der Waals surface area contributed by atoms with Gasteiger partial charge in [0, 0.05) is 45.3 Å². The Morgan fingerprint density at radius 1 is 1.32 bits per heavy atom. The Kier molecular flexibility index (Phi) is 4.35. The number of rotatable bonds is 4. The highest BCUT2D eigenvalue weighted by Gasteiger charge is 2.15. The number of esters is 1. The van der Waals surface area contributed by atoms with E-state index in [1.165, 1.54) is 7.11 Å². The number of pyridine rings is 1. The molecule has 3 rings (SSSR count). The van der Waals surface area contributed by atoms with Crippen molar-refractivity contribution in [1.82, 2.24) is 24.4 Å². The van der Waals surface area contributed by atoms with E-state index in [0.717, 1.165) is 45.0 Å². The van der Waals surface area contributed by atoms with Crippen LogP contribution in [0.2, 0.25) is 0 Å². The minimum absolute atomic E-state index is 0.357. The number of carbonyl (C=O) groups is 1. The fourth-order valence-electron chi connectivity index (χ4n) is 2.61. The van der Waals surface area contributed by atoms with E-state index in [1.54, 1.807) is 22.8 Å². The number of hydrogen-bond donors (Lipinski definition) is 0. The van der Waals surface area contributed by atoms with Crippen LogP contribution in [0.1, 0.15) is 16.2 Å². The third-order valence-corrected chi connectivity index (χ3v) is 4.05. The highest BCUT2D eigenvalue weighted by Crippen LogP contribution is 2.08. The average molecular weight is 303 g/mol. The molecule has 0 saturated carbocycles. The van der Waals surface area contributed by atoms with Crippen LogP contribution < -0.4 is 0 Å². The van der Waals surface area contributed by atoms with Crippen LogP contribution in [0.5, 0.6) is 0 Å². The van der Waals surface area contributed by atoms with Crippen LogP contribution in [0.15, 0.2) is 18.3 Å². The second kappa shape index (κ2) is 6.41. The lowest BCUT2D eigenvalue weighted by Crippen LogP contribution is -2.45. The van der Waals surface area contributed by atoms with Crippen molar-refractivity contribution in [2.24, 2.45) is 0 Å². The van der Waals surface area contributed by atoms with E-state index < -0.39 is 0 Å². The monoisotopic (exact) mass is 303 g/mol. The molecule has 1 aliphatic rings. The van der Waals surface area contributed by atoms with Gasteiger partial charge in [-0.3, -0.25) is 0 Å². The molecule has 0 spiro atoms. The molecule has 0 unspecified atom stereocenters. The zero-order valence-electron chi connectivity index (χ0n) is 13.0. The minimum atomic E-state index is -0.357. The summed E-state index contributed by atoms with van der Waals surface area (Å²) in [5.41, 5.74) is 1.17. The number of methoxy groups -OCH3 is 1. The zero-order chi connectivity index (χ0) is 15.5. The van der Waals surface area contributed by atoms with Crippen LogP contribution in [0.25, 0.3) is 5.65 Å². The molecule has 7 heteroatoms. The fraction of sp³-hybridized carbons (Fsp3) is 0.533. The number of ether oxygens (including phenoxy) is 1. The SMILES string of the molecule is COC(=O)c1ccn2nc(CCN3CCN(C)CC3)nc2c1. The van der Waals surface area contributed by atoms with Gasteiger partial charge in [0.2, 0.25) is 0 Å². The van der Waals surface area contributed by atoms with Gasteiger partial charge in [0.05, 0.1) is 12.7 Å². The summed E-state index contributed by atoms with van der Waals surface area (Å²) in [5.74, 6) is 0.449. The first-order valence-electron chi connectivity index (χ1n) is 7.50. The summed E-state index contributed by atoms with van der Waals surface area (Å²) < 4.78 is 6.42. The van der Waals surface area contributed by atoms with Crippen LogP contribution in [0.4, 0.5) is 0 Å². The number of carbonyl (C=O) groups excluding carboxylic acids is 1. The van der Waals surface area contributed by atoms with E-state index in [2.05, 4.69) is 26.9 Å². The molecule has 22 heavy (non-hydrogen) atoms. The number of piperazine rings is 1. The normalized spacial score (nSPS) is 17.0. The van der Waals surface area contributed by atoms with Gasteiger partial charge in [0.1, 0.15) is 0 Å².